The van der Waals surface area contributed by atoms with Crippen molar-refractivity contribution in [1.29, 1.82) is 0 Å². The van der Waals surface area contributed by atoms with Gasteiger partial charge >= 0.3 is 0 Å². The topological polar surface area (TPSA) is 6.48 Å². The largest absolute Gasteiger partial charge is 0.311 e. The molecule has 3 aliphatic carbocycles. The van der Waals surface area contributed by atoms with Crippen LogP contribution in [0.5, 0.6) is 0 Å². The van der Waals surface area contributed by atoms with E-state index in [0.29, 0.717) is 0 Å². The zero-order valence-electron chi connectivity index (χ0n) is 44.7. The van der Waals surface area contributed by atoms with Crippen molar-refractivity contribution in [3.05, 3.63) is 172 Å². The summed E-state index contributed by atoms with van der Waals surface area (Å²) in [6.07, 6.45) is 7.00. The third kappa shape index (κ3) is 6.14. The summed E-state index contributed by atoms with van der Waals surface area (Å²) in [6, 6.07) is 51.6. The lowest BCUT2D eigenvalue weighted by molar-refractivity contribution is 0.332. The Hall–Kier alpha value is -5.84. The number of anilines is 6. The molecule has 0 spiro atoms. The Morgan fingerprint density at radius 1 is 0.431 bits per heavy atom. The molecule has 8 aromatic rings. The van der Waals surface area contributed by atoms with Gasteiger partial charge in [0.2, 0.25) is 0 Å². The van der Waals surface area contributed by atoms with Gasteiger partial charge in [-0.25, -0.2) is 0 Å². The molecule has 6 bridgehead atoms. The van der Waals surface area contributed by atoms with Crippen LogP contribution in [0.25, 0.3) is 32.3 Å². The molecule has 0 radical (unpaired) electrons. The lowest BCUT2D eigenvalue weighted by Gasteiger charge is -2.47. The highest BCUT2D eigenvalue weighted by Gasteiger charge is 2.50. The summed E-state index contributed by atoms with van der Waals surface area (Å²) in [5.41, 5.74) is 27.7. The second-order valence-electron chi connectivity index (χ2n) is 26.7. The Bertz CT molecular complexity index is 3680. The Morgan fingerprint density at radius 2 is 1.01 bits per heavy atom. The van der Waals surface area contributed by atoms with Gasteiger partial charge < -0.3 is 9.80 Å². The molecule has 0 amide bonds. The van der Waals surface area contributed by atoms with Gasteiger partial charge in [-0.3, -0.25) is 0 Å². The van der Waals surface area contributed by atoms with Crippen LogP contribution in [0.1, 0.15) is 159 Å². The Balaban J connectivity index is 1.14. The molecule has 7 aromatic carbocycles. The quantitative estimate of drug-likeness (QED) is 0.159. The molecule has 1 aromatic heterocycles. The predicted molar refractivity (Wildman–Crippen MR) is 311 cm³/mol. The van der Waals surface area contributed by atoms with E-state index in [-0.39, 0.29) is 39.2 Å². The third-order valence-electron chi connectivity index (χ3n) is 19.7. The van der Waals surface area contributed by atoms with E-state index >= 15 is 0 Å². The zero-order valence-corrected chi connectivity index (χ0v) is 45.6. The maximum atomic E-state index is 2.74. The van der Waals surface area contributed by atoms with Crippen molar-refractivity contribution in [2.24, 2.45) is 0 Å². The molecule has 4 heterocycles. The standard InChI is InChI=1S/C68H69BN2S/c1-40-29-57-60-58(30-40)71-47-33-43(41-17-14-13-15-18-41)31-44(34-47)42-19-16-20-45(32-42)68(12)28-27-67(10,11)53-39-59-48(36-54(53)68)61(71)62(72-59)69(60)55-37-51-52(66(8,9)26-25-65(51,6)7)38-56(55)70(57)46-21-22-49-50(35-46)64(4,5)24-23-63(49,2)3/h13-22,29-39H,23-28H2,1-12H3. The minimum Gasteiger partial charge on any atom is -0.311 e. The van der Waals surface area contributed by atoms with Gasteiger partial charge in [0.15, 0.2) is 0 Å². The number of fused-ring (bicyclic) bond motifs is 13. The van der Waals surface area contributed by atoms with Gasteiger partial charge in [0.25, 0.3) is 6.71 Å². The van der Waals surface area contributed by atoms with Crippen molar-refractivity contribution in [2.45, 2.75) is 154 Å². The maximum absolute atomic E-state index is 2.74. The van der Waals surface area contributed by atoms with Crippen LogP contribution in [0.3, 0.4) is 0 Å². The first-order valence-corrected chi connectivity index (χ1v) is 28.0. The highest BCUT2D eigenvalue weighted by molar-refractivity contribution is 7.33. The fourth-order valence-electron chi connectivity index (χ4n) is 14.9. The van der Waals surface area contributed by atoms with Gasteiger partial charge in [-0.1, -0.05) is 143 Å². The van der Waals surface area contributed by atoms with E-state index in [1.54, 1.807) is 0 Å². The lowest BCUT2D eigenvalue weighted by Crippen LogP contribution is -2.61. The predicted octanol–water partition coefficient (Wildman–Crippen LogP) is 17.0. The van der Waals surface area contributed by atoms with E-state index in [2.05, 4.69) is 232 Å². The molecule has 0 N–H and O–H groups in total. The minimum atomic E-state index is -0.141. The van der Waals surface area contributed by atoms with E-state index in [1.807, 2.05) is 0 Å². The number of hydrogen-bond acceptors (Lipinski definition) is 3. The molecule has 0 saturated heterocycles. The van der Waals surface area contributed by atoms with Crippen molar-refractivity contribution >= 4 is 78.0 Å². The van der Waals surface area contributed by atoms with Gasteiger partial charge in [0, 0.05) is 48.7 Å². The number of benzene rings is 7. The van der Waals surface area contributed by atoms with Crippen LogP contribution >= 0.6 is 11.3 Å². The van der Waals surface area contributed by atoms with E-state index in [0.717, 1.165) is 12.8 Å². The molecule has 2 nitrogen and oxygen atoms in total. The van der Waals surface area contributed by atoms with E-state index in [4.69, 9.17) is 0 Å². The number of rotatable bonds is 2. The second kappa shape index (κ2) is 14.5. The Morgan fingerprint density at radius 3 is 1.71 bits per heavy atom. The summed E-state index contributed by atoms with van der Waals surface area (Å²) in [4.78, 5) is 5.47. The first kappa shape index (κ1) is 44.8. The van der Waals surface area contributed by atoms with Gasteiger partial charge in [0.05, 0.1) is 5.69 Å². The summed E-state index contributed by atoms with van der Waals surface area (Å²) in [5.74, 6) is 0. The van der Waals surface area contributed by atoms with E-state index in [9.17, 15) is 0 Å². The van der Waals surface area contributed by atoms with Crippen LogP contribution < -0.4 is 25.5 Å². The summed E-state index contributed by atoms with van der Waals surface area (Å²) < 4.78 is 2.87. The molecular weight excluding hydrogens is 888 g/mol. The first-order chi connectivity index (χ1) is 34.1. The lowest BCUT2D eigenvalue weighted by atomic mass is 9.35. The molecule has 360 valence electrons. The molecular formula is C68H69BN2S. The fraction of sp³-hybridized carbons (Fsp3) is 0.353. The van der Waals surface area contributed by atoms with Crippen LogP contribution in [-0.4, -0.2) is 6.71 Å². The van der Waals surface area contributed by atoms with Crippen molar-refractivity contribution in [1.82, 2.24) is 0 Å². The monoisotopic (exact) mass is 957 g/mol. The molecule has 72 heavy (non-hydrogen) atoms. The summed E-state index contributed by atoms with van der Waals surface area (Å²) in [7, 11) is 0. The SMILES string of the molecule is Cc1cc2c3c(c1)N1c4cc(-c5ccccc5)cc(c4)-c4cccc(c4)C4(C)CCC(C)(C)c5cc6sc(c1c6cc54)B3c1cc3c(cc1N2c1ccc2c(c1)C(C)(C)CCC2(C)C)C(C)(C)CCC3(C)C. The van der Waals surface area contributed by atoms with Crippen LogP contribution in [0, 0.1) is 6.92 Å². The molecule has 3 aliphatic heterocycles. The van der Waals surface area contributed by atoms with Crippen molar-refractivity contribution in [3.8, 4) is 22.3 Å². The molecule has 1 unspecified atom stereocenters. The summed E-state index contributed by atoms with van der Waals surface area (Å²) in [5, 5.41) is 1.39. The molecule has 0 fully saturated rings. The van der Waals surface area contributed by atoms with Crippen molar-refractivity contribution in [2.75, 3.05) is 9.80 Å². The van der Waals surface area contributed by atoms with Crippen LogP contribution in [0.15, 0.2) is 127 Å². The normalized spacial score (nSPS) is 21.5. The highest BCUT2D eigenvalue weighted by atomic mass is 32.1. The van der Waals surface area contributed by atoms with Gasteiger partial charge in [0.1, 0.15) is 0 Å². The molecule has 6 aliphatic rings. The molecule has 14 rings (SSSR count). The summed E-state index contributed by atoms with van der Waals surface area (Å²) >= 11 is 2.08. The van der Waals surface area contributed by atoms with Crippen LogP contribution in [0.2, 0.25) is 0 Å². The highest BCUT2D eigenvalue weighted by Crippen LogP contribution is 2.57. The second-order valence-corrected chi connectivity index (χ2v) is 27.8. The third-order valence-corrected chi connectivity index (χ3v) is 20.9. The fourth-order valence-corrected chi connectivity index (χ4v) is 16.2. The Kier molecular flexibility index (Phi) is 9.01. The minimum absolute atomic E-state index is 0.0536. The first-order valence-electron chi connectivity index (χ1n) is 27.2. The smallest absolute Gasteiger partial charge is 0.264 e. The number of aryl methyl sites for hydroxylation is 1. The van der Waals surface area contributed by atoms with Gasteiger partial charge in [-0.2, -0.15) is 0 Å². The van der Waals surface area contributed by atoms with Crippen LogP contribution in [0.4, 0.5) is 34.1 Å². The maximum Gasteiger partial charge on any atom is 0.264 e. The number of thiophene rings is 1. The molecule has 1 atom stereocenters. The number of hydrogen-bond donors (Lipinski definition) is 0. The Labute approximate surface area is 433 Å². The van der Waals surface area contributed by atoms with Gasteiger partial charge in [-0.05, 0) is 211 Å². The molecule has 4 heteroatoms. The van der Waals surface area contributed by atoms with Crippen LogP contribution in [-0.2, 0) is 32.5 Å². The zero-order chi connectivity index (χ0) is 49.8. The average molecular weight is 957 g/mol. The molecule has 0 saturated carbocycles. The van der Waals surface area contributed by atoms with Crippen molar-refractivity contribution < 1.29 is 0 Å². The van der Waals surface area contributed by atoms with Gasteiger partial charge in [-0.15, -0.1) is 11.3 Å². The van der Waals surface area contributed by atoms with E-state index < -0.39 is 0 Å². The average Bonchev–Trinajstić information content (AvgIpc) is 3.73. The van der Waals surface area contributed by atoms with E-state index in [1.165, 1.54) is 152 Å². The van der Waals surface area contributed by atoms with Crippen molar-refractivity contribution in [3.63, 3.8) is 0 Å². The summed E-state index contributed by atoms with van der Waals surface area (Å²) in [6.45, 7) is 29.9. The number of nitrogens with zero attached hydrogens (tertiary/aromatic N) is 2.